The first kappa shape index (κ1) is 9.98. The van der Waals surface area contributed by atoms with Gasteiger partial charge in [-0.25, -0.2) is 4.98 Å². The Bertz CT molecular complexity index is 296. The molecule has 0 bridgehead atoms. The molecule has 0 saturated carbocycles. The van der Waals surface area contributed by atoms with E-state index in [4.69, 9.17) is 0 Å². The molecule has 1 N–H and O–H groups in total. The van der Waals surface area contributed by atoms with E-state index in [2.05, 4.69) is 10.1 Å². The van der Waals surface area contributed by atoms with E-state index in [1.165, 1.54) is 12.1 Å². The van der Waals surface area contributed by atoms with Gasteiger partial charge in [-0.2, -0.15) is 16.9 Å². The molecule has 1 aromatic heterocycles. The monoisotopic (exact) mass is 213 g/mol. The van der Waals surface area contributed by atoms with Gasteiger partial charge in [-0.3, -0.25) is 4.68 Å². The zero-order valence-corrected chi connectivity index (χ0v) is 9.07. The van der Waals surface area contributed by atoms with Crippen LogP contribution in [0.15, 0.2) is 6.33 Å². The lowest BCUT2D eigenvalue weighted by molar-refractivity contribution is 0.117. The van der Waals surface area contributed by atoms with Crippen LogP contribution in [0.5, 0.6) is 0 Å². The van der Waals surface area contributed by atoms with Crippen molar-refractivity contribution in [2.75, 3.05) is 11.5 Å². The highest BCUT2D eigenvalue weighted by Gasteiger charge is 2.24. The summed E-state index contributed by atoms with van der Waals surface area (Å²) in [4.78, 5) is 4.11. The molecule has 2 atom stereocenters. The fourth-order valence-electron chi connectivity index (χ4n) is 1.71. The number of aliphatic hydroxyl groups is 1. The van der Waals surface area contributed by atoms with Crippen LogP contribution in [0.25, 0.3) is 0 Å². The van der Waals surface area contributed by atoms with Crippen molar-refractivity contribution in [1.29, 1.82) is 0 Å². The molecule has 1 aromatic rings. The SMILES string of the molecule is Cn1ncnc1CC(O)C1CCSC1. The fraction of sp³-hybridized carbons (Fsp3) is 0.778. The first-order valence-electron chi connectivity index (χ1n) is 4.86. The molecule has 4 nitrogen and oxygen atoms in total. The topological polar surface area (TPSA) is 50.9 Å². The Labute approximate surface area is 87.7 Å². The van der Waals surface area contributed by atoms with Crippen molar-refractivity contribution in [3.05, 3.63) is 12.2 Å². The molecule has 2 unspecified atom stereocenters. The standard InChI is InChI=1S/C9H15N3OS/c1-12-9(10-6-11-12)4-8(13)7-2-3-14-5-7/h6-8,13H,2-5H2,1H3. The molecule has 0 radical (unpaired) electrons. The zero-order valence-electron chi connectivity index (χ0n) is 8.26. The normalized spacial score (nSPS) is 24.0. The van der Waals surface area contributed by atoms with Crippen molar-refractivity contribution in [1.82, 2.24) is 14.8 Å². The minimum atomic E-state index is -0.257. The van der Waals surface area contributed by atoms with Gasteiger partial charge < -0.3 is 5.11 Å². The van der Waals surface area contributed by atoms with Crippen LogP contribution >= 0.6 is 11.8 Å². The molecule has 0 aromatic carbocycles. The first-order valence-corrected chi connectivity index (χ1v) is 6.01. The van der Waals surface area contributed by atoms with Crippen LogP contribution in [0, 0.1) is 5.92 Å². The van der Waals surface area contributed by atoms with Crippen LogP contribution < -0.4 is 0 Å². The lowest BCUT2D eigenvalue weighted by Crippen LogP contribution is -2.24. The van der Waals surface area contributed by atoms with E-state index in [9.17, 15) is 5.11 Å². The van der Waals surface area contributed by atoms with Gasteiger partial charge in [-0.15, -0.1) is 0 Å². The van der Waals surface area contributed by atoms with Gasteiger partial charge in [0.25, 0.3) is 0 Å². The highest BCUT2D eigenvalue weighted by molar-refractivity contribution is 7.99. The predicted molar refractivity (Wildman–Crippen MR) is 56.1 cm³/mol. The van der Waals surface area contributed by atoms with E-state index < -0.39 is 0 Å². The second-order valence-corrected chi connectivity index (χ2v) is 4.84. The van der Waals surface area contributed by atoms with Gasteiger partial charge in [0.05, 0.1) is 6.10 Å². The molecule has 14 heavy (non-hydrogen) atoms. The summed E-state index contributed by atoms with van der Waals surface area (Å²) in [6.45, 7) is 0. The Morgan fingerprint density at radius 3 is 3.21 bits per heavy atom. The summed E-state index contributed by atoms with van der Waals surface area (Å²) >= 11 is 1.92. The number of aryl methyl sites for hydroxylation is 1. The molecule has 0 aliphatic carbocycles. The quantitative estimate of drug-likeness (QED) is 0.793. The van der Waals surface area contributed by atoms with Crippen LogP contribution in [-0.2, 0) is 13.5 Å². The van der Waals surface area contributed by atoms with E-state index >= 15 is 0 Å². The summed E-state index contributed by atoms with van der Waals surface area (Å²) in [5.74, 6) is 3.57. The van der Waals surface area contributed by atoms with Gasteiger partial charge in [-0.05, 0) is 23.8 Å². The van der Waals surface area contributed by atoms with Gasteiger partial charge >= 0.3 is 0 Å². The second kappa shape index (κ2) is 4.31. The molecule has 0 spiro atoms. The van der Waals surface area contributed by atoms with Crippen LogP contribution in [0.4, 0.5) is 0 Å². The highest BCUT2D eigenvalue weighted by Crippen LogP contribution is 2.27. The summed E-state index contributed by atoms with van der Waals surface area (Å²) < 4.78 is 1.73. The predicted octanol–water partition coefficient (Wildman–Crippen LogP) is 0.472. The fourth-order valence-corrected chi connectivity index (χ4v) is 3.04. The van der Waals surface area contributed by atoms with Crippen LogP contribution in [-0.4, -0.2) is 37.5 Å². The van der Waals surface area contributed by atoms with E-state index in [1.54, 1.807) is 4.68 Å². The minimum absolute atomic E-state index is 0.257. The molecular formula is C9H15N3OS. The maximum atomic E-state index is 9.95. The molecule has 1 saturated heterocycles. The summed E-state index contributed by atoms with van der Waals surface area (Å²) in [6.07, 6.45) is 3.03. The third-order valence-electron chi connectivity index (χ3n) is 2.71. The number of aromatic nitrogens is 3. The van der Waals surface area contributed by atoms with Gasteiger partial charge in [0.1, 0.15) is 12.2 Å². The van der Waals surface area contributed by atoms with Gasteiger partial charge in [0.15, 0.2) is 0 Å². The number of aliphatic hydroxyl groups excluding tert-OH is 1. The van der Waals surface area contributed by atoms with Crippen molar-refractivity contribution < 1.29 is 5.11 Å². The number of hydrogen-bond acceptors (Lipinski definition) is 4. The van der Waals surface area contributed by atoms with Crippen molar-refractivity contribution in [2.45, 2.75) is 18.9 Å². The van der Waals surface area contributed by atoms with Crippen molar-refractivity contribution in [3.8, 4) is 0 Å². The Morgan fingerprint density at radius 2 is 2.64 bits per heavy atom. The van der Waals surface area contributed by atoms with E-state index in [1.807, 2.05) is 18.8 Å². The van der Waals surface area contributed by atoms with Gasteiger partial charge in [0.2, 0.25) is 0 Å². The average molecular weight is 213 g/mol. The summed E-state index contributed by atoms with van der Waals surface area (Å²) in [5, 5.41) is 13.9. The lowest BCUT2D eigenvalue weighted by Gasteiger charge is -2.15. The molecule has 1 fully saturated rings. The largest absolute Gasteiger partial charge is 0.392 e. The van der Waals surface area contributed by atoms with Crippen LogP contribution in [0.2, 0.25) is 0 Å². The Hall–Kier alpha value is -0.550. The molecule has 5 heteroatoms. The number of thioether (sulfide) groups is 1. The smallest absolute Gasteiger partial charge is 0.138 e. The number of hydrogen-bond donors (Lipinski definition) is 1. The maximum Gasteiger partial charge on any atom is 0.138 e. The summed E-state index contributed by atoms with van der Waals surface area (Å²) in [7, 11) is 1.86. The van der Waals surface area contributed by atoms with Crippen molar-refractivity contribution in [2.24, 2.45) is 13.0 Å². The highest BCUT2D eigenvalue weighted by atomic mass is 32.2. The molecule has 2 heterocycles. The summed E-state index contributed by atoms with van der Waals surface area (Å²) in [6, 6.07) is 0. The van der Waals surface area contributed by atoms with Gasteiger partial charge in [-0.1, -0.05) is 0 Å². The third-order valence-corrected chi connectivity index (χ3v) is 3.89. The maximum absolute atomic E-state index is 9.95. The number of nitrogens with zero attached hydrogens (tertiary/aromatic N) is 3. The van der Waals surface area contributed by atoms with Crippen molar-refractivity contribution >= 4 is 11.8 Å². The minimum Gasteiger partial charge on any atom is -0.392 e. The molecule has 1 aliphatic rings. The lowest BCUT2D eigenvalue weighted by atomic mass is 9.99. The molecular weight excluding hydrogens is 198 g/mol. The molecule has 0 amide bonds. The molecule has 1 aliphatic heterocycles. The van der Waals surface area contributed by atoms with E-state index in [-0.39, 0.29) is 6.10 Å². The van der Waals surface area contributed by atoms with Crippen LogP contribution in [0.3, 0.4) is 0 Å². The summed E-state index contributed by atoms with van der Waals surface area (Å²) in [5.41, 5.74) is 0. The average Bonchev–Trinajstić information content (AvgIpc) is 2.77. The Kier molecular flexibility index (Phi) is 3.08. The zero-order chi connectivity index (χ0) is 9.97. The van der Waals surface area contributed by atoms with Gasteiger partial charge in [0, 0.05) is 13.5 Å². The first-order chi connectivity index (χ1) is 6.77. The van der Waals surface area contributed by atoms with E-state index in [0.29, 0.717) is 12.3 Å². The Morgan fingerprint density at radius 1 is 1.79 bits per heavy atom. The van der Waals surface area contributed by atoms with E-state index in [0.717, 1.165) is 18.0 Å². The molecule has 78 valence electrons. The van der Waals surface area contributed by atoms with Crippen LogP contribution in [0.1, 0.15) is 12.2 Å². The third kappa shape index (κ3) is 2.09. The second-order valence-electron chi connectivity index (χ2n) is 3.70. The van der Waals surface area contributed by atoms with Crippen molar-refractivity contribution in [3.63, 3.8) is 0 Å². The Balaban J connectivity index is 1.93. The number of rotatable bonds is 3. The molecule has 2 rings (SSSR count).